The predicted molar refractivity (Wildman–Crippen MR) is 67.2 cm³/mol. The molecule has 0 bridgehead atoms. The second kappa shape index (κ2) is 5.80. The zero-order valence-corrected chi connectivity index (χ0v) is 10.8. The molecule has 0 spiro atoms. The highest BCUT2D eigenvalue weighted by Crippen LogP contribution is 2.19. The fraction of sp³-hybridized carbons (Fsp3) is 0.462. The smallest absolute Gasteiger partial charge is 0.256 e. The molecule has 5 heteroatoms. The summed E-state index contributed by atoms with van der Waals surface area (Å²) in [6.07, 6.45) is 0.908. The molecule has 18 heavy (non-hydrogen) atoms. The van der Waals surface area contributed by atoms with Crippen molar-refractivity contribution in [2.75, 3.05) is 19.3 Å². The van der Waals surface area contributed by atoms with Crippen molar-refractivity contribution in [3.05, 3.63) is 29.3 Å². The number of hydrogen-bond donors (Lipinski definition) is 1. The van der Waals surface area contributed by atoms with Crippen molar-refractivity contribution in [3.63, 3.8) is 0 Å². The number of carbonyl (C=O) groups excluding carboxylic acids is 1. The van der Waals surface area contributed by atoms with E-state index >= 15 is 0 Å². The lowest BCUT2D eigenvalue weighted by Gasteiger charge is -2.21. The first kappa shape index (κ1) is 14.4. The Morgan fingerprint density at radius 1 is 1.44 bits per heavy atom. The number of anilines is 1. The van der Waals surface area contributed by atoms with Crippen LogP contribution in [0, 0.1) is 17.6 Å². The fourth-order valence-corrected chi connectivity index (χ4v) is 1.65. The Hall–Kier alpha value is -1.65. The summed E-state index contributed by atoms with van der Waals surface area (Å²) in [4.78, 5) is 13.4. The second-order valence-corrected chi connectivity index (χ2v) is 4.56. The molecule has 0 aliphatic rings. The van der Waals surface area contributed by atoms with E-state index < -0.39 is 17.5 Å². The van der Waals surface area contributed by atoms with Crippen LogP contribution < -0.4 is 5.73 Å². The van der Waals surface area contributed by atoms with Gasteiger partial charge in [0.25, 0.3) is 5.91 Å². The third-order valence-electron chi connectivity index (χ3n) is 2.93. The third kappa shape index (κ3) is 3.18. The average molecular weight is 256 g/mol. The standard InChI is InChI=1S/C13H18F2N2O/c1-4-8(2)7-17(3)13(18)10-5-9(14)6-11(16)12(10)15/h5-6,8H,4,7,16H2,1-3H3. The first-order valence-electron chi connectivity index (χ1n) is 5.86. The molecule has 2 N–H and O–H groups in total. The van der Waals surface area contributed by atoms with Crippen molar-refractivity contribution >= 4 is 11.6 Å². The SMILES string of the molecule is CCC(C)CN(C)C(=O)c1cc(F)cc(N)c1F. The Bertz CT molecular complexity index is 449. The van der Waals surface area contributed by atoms with E-state index in [2.05, 4.69) is 0 Å². The molecule has 1 aromatic carbocycles. The van der Waals surface area contributed by atoms with Crippen molar-refractivity contribution in [1.82, 2.24) is 4.90 Å². The number of nitrogens with zero attached hydrogens (tertiary/aromatic N) is 1. The number of carbonyl (C=O) groups is 1. The molecule has 0 radical (unpaired) electrons. The summed E-state index contributed by atoms with van der Waals surface area (Å²) in [5, 5.41) is 0. The van der Waals surface area contributed by atoms with E-state index in [1.165, 1.54) is 4.90 Å². The molecular weight excluding hydrogens is 238 g/mol. The minimum atomic E-state index is -0.864. The van der Waals surface area contributed by atoms with Crippen LogP contribution in [-0.4, -0.2) is 24.4 Å². The van der Waals surface area contributed by atoms with Crippen LogP contribution in [-0.2, 0) is 0 Å². The van der Waals surface area contributed by atoms with E-state index in [-0.39, 0.29) is 11.3 Å². The van der Waals surface area contributed by atoms with Gasteiger partial charge in [-0.15, -0.1) is 0 Å². The van der Waals surface area contributed by atoms with Crippen LogP contribution in [0.15, 0.2) is 12.1 Å². The van der Waals surface area contributed by atoms with E-state index in [1.807, 2.05) is 13.8 Å². The molecule has 0 heterocycles. The van der Waals surface area contributed by atoms with Crippen LogP contribution in [0.5, 0.6) is 0 Å². The van der Waals surface area contributed by atoms with Gasteiger partial charge in [0, 0.05) is 13.6 Å². The van der Waals surface area contributed by atoms with Crippen molar-refractivity contribution in [2.45, 2.75) is 20.3 Å². The minimum Gasteiger partial charge on any atom is -0.396 e. The van der Waals surface area contributed by atoms with Crippen molar-refractivity contribution in [1.29, 1.82) is 0 Å². The lowest BCUT2D eigenvalue weighted by Crippen LogP contribution is -2.31. The lowest BCUT2D eigenvalue weighted by molar-refractivity contribution is 0.0770. The van der Waals surface area contributed by atoms with Gasteiger partial charge in [-0.2, -0.15) is 0 Å². The van der Waals surface area contributed by atoms with Gasteiger partial charge in [0.1, 0.15) is 5.82 Å². The van der Waals surface area contributed by atoms with Crippen LogP contribution >= 0.6 is 0 Å². The van der Waals surface area contributed by atoms with Gasteiger partial charge in [0.2, 0.25) is 0 Å². The molecule has 0 aliphatic carbocycles. The zero-order valence-electron chi connectivity index (χ0n) is 10.8. The van der Waals surface area contributed by atoms with Gasteiger partial charge in [-0.05, 0) is 18.1 Å². The highest BCUT2D eigenvalue weighted by Gasteiger charge is 2.20. The maximum Gasteiger partial charge on any atom is 0.256 e. The molecule has 0 saturated carbocycles. The molecule has 0 aliphatic heterocycles. The topological polar surface area (TPSA) is 46.3 Å². The van der Waals surface area contributed by atoms with Crippen molar-refractivity contribution < 1.29 is 13.6 Å². The first-order valence-corrected chi connectivity index (χ1v) is 5.86. The van der Waals surface area contributed by atoms with E-state index in [0.29, 0.717) is 12.5 Å². The average Bonchev–Trinajstić information content (AvgIpc) is 2.32. The molecule has 0 fully saturated rings. The van der Waals surface area contributed by atoms with Crippen LogP contribution in [0.2, 0.25) is 0 Å². The summed E-state index contributed by atoms with van der Waals surface area (Å²) in [7, 11) is 1.56. The van der Waals surface area contributed by atoms with Gasteiger partial charge in [-0.3, -0.25) is 4.79 Å². The normalized spacial score (nSPS) is 12.3. The monoisotopic (exact) mass is 256 g/mol. The summed E-state index contributed by atoms with van der Waals surface area (Å²) in [6.45, 7) is 4.48. The minimum absolute atomic E-state index is 0.299. The van der Waals surface area contributed by atoms with E-state index in [4.69, 9.17) is 5.73 Å². The molecule has 1 amide bonds. The predicted octanol–water partition coefficient (Wildman–Crippen LogP) is 2.67. The highest BCUT2D eigenvalue weighted by atomic mass is 19.1. The number of halogens is 2. The molecule has 1 unspecified atom stereocenters. The molecule has 3 nitrogen and oxygen atoms in total. The maximum atomic E-state index is 13.7. The van der Waals surface area contributed by atoms with Gasteiger partial charge < -0.3 is 10.6 Å². The van der Waals surface area contributed by atoms with Gasteiger partial charge in [-0.25, -0.2) is 8.78 Å². The van der Waals surface area contributed by atoms with Gasteiger partial charge in [0.15, 0.2) is 5.82 Å². The largest absolute Gasteiger partial charge is 0.396 e. The Labute approximate surface area is 106 Å². The van der Waals surface area contributed by atoms with E-state index in [1.54, 1.807) is 7.05 Å². The lowest BCUT2D eigenvalue weighted by atomic mass is 10.1. The van der Waals surface area contributed by atoms with Gasteiger partial charge in [0.05, 0.1) is 11.3 Å². The van der Waals surface area contributed by atoms with E-state index in [9.17, 15) is 13.6 Å². The summed E-state index contributed by atoms with van der Waals surface area (Å²) in [5.74, 6) is -1.83. The molecule has 100 valence electrons. The van der Waals surface area contributed by atoms with Gasteiger partial charge >= 0.3 is 0 Å². The first-order chi connectivity index (χ1) is 8.36. The number of nitrogen functional groups attached to an aromatic ring is 1. The van der Waals surface area contributed by atoms with Crippen LogP contribution in [0.1, 0.15) is 30.6 Å². The van der Waals surface area contributed by atoms with Gasteiger partial charge in [-0.1, -0.05) is 20.3 Å². The Morgan fingerprint density at radius 2 is 2.06 bits per heavy atom. The number of rotatable bonds is 4. The van der Waals surface area contributed by atoms with Crippen molar-refractivity contribution in [3.8, 4) is 0 Å². The van der Waals surface area contributed by atoms with E-state index in [0.717, 1.165) is 18.6 Å². The van der Waals surface area contributed by atoms with Crippen LogP contribution in [0.25, 0.3) is 0 Å². The Kier molecular flexibility index (Phi) is 4.64. The molecule has 1 rings (SSSR count). The molecule has 0 saturated heterocycles. The summed E-state index contributed by atoms with van der Waals surface area (Å²) >= 11 is 0. The number of nitrogens with two attached hydrogens (primary N) is 1. The van der Waals surface area contributed by atoms with Crippen molar-refractivity contribution in [2.24, 2.45) is 5.92 Å². The van der Waals surface area contributed by atoms with Crippen LogP contribution in [0.3, 0.4) is 0 Å². The zero-order chi connectivity index (χ0) is 13.9. The Balaban J connectivity index is 2.97. The molecule has 1 atom stereocenters. The highest BCUT2D eigenvalue weighted by molar-refractivity contribution is 5.95. The number of hydrogen-bond acceptors (Lipinski definition) is 2. The Morgan fingerprint density at radius 3 is 2.61 bits per heavy atom. The number of amides is 1. The molecule has 1 aromatic rings. The quantitative estimate of drug-likeness (QED) is 0.842. The third-order valence-corrected chi connectivity index (χ3v) is 2.93. The fourth-order valence-electron chi connectivity index (χ4n) is 1.65. The second-order valence-electron chi connectivity index (χ2n) is 4.56. The molecule has 0 aromatic heterocycles. The summed E-state index contributed by atoms with van der Waals surface area (Å²) < 4.78 is 26.8. The summed E-state index contributed by atoms with van der Waals surface area (Å²) in [5.41, 5.74) is 4.63. The molecular formula is C13H18F2N2O. The summed E-state index contributed by atoms with van der Waals surface area (Å²) in [6, 6.07) is 1.74. The maximum absolute atomic E-state index is 13.7. The number of benzene rings is 1. The van der Waals surface area contributed by atoms with Crippen LogP contribution in [0.4, 0.5) is 14.5 Å².